The second-order valence-electron chi connectivity index (χ2n) is 3.09. The minimum Gasteiger partial charge on any atom is -0.348 e. The van der Waals surface area contributed by atoms with E-state index in [-0.39, 0.29) is 6.54 Å². The van der Waals surface area contributed by atoms with Gasteiger partial charge in [-0.25, -0.2) is 13.8 Å². The van der Waals surface area contributed by atoms with Crippen molar-refractivity contribution >= 4 is 5.82 Å². The Balaban J connectivity index is 2.83. The lowest BCUT2D eigenvalue weighted by atomic mass is 10.3. The molecule has 2 N–H and O–H groups in total. The van der Waals surface area contributed by atoms with Crippen LogP contribution in [0.1, 0.15) is 5.69 Å². The van der Waals surface area contributed by atoms with E-state index in [0.29, 0.717) is 24.6 Å². The van der Waals surface area contributed by atoms with Crippen LogP contribution in [0, 0.1) is 6.92 Å². The monoisotopic (exact) mass is 216 g/mol. The molecule has 0 aliphatic carbocycles. The summed E-state index contributed by atoms with van der Waals surface area (Å²) in [6.07, 6.45) is 0.608. The molecule has 0 saturated carbocycles. The van der Waals surface area contributed by atoms with Gasteiger partial charge in [-0.05, 0) is 6.92 Å². The highest BCUT2D eigenvalue weighted by atomic mass is 19.3. The predicted molar refractivity (Wildman–Crippen MR) is 54.0 cm³/mol. The third-order valence-corrected chi connectivity index (χ3v) is 1.91. The molecule has 0 amide bonds. The summed E-state index contributed by atoms with van der Waals surface area (Å²) in [6.45, 7) is 2.03. The number of halogens is 2. The first-order valence-electron chi connectivity index (χ1n) is 4.66. The average Bonchev–Trinajstić information content (AvgIpc) is 2.17. The molecule has 1 aromatic rings. The summed E-state index contributed by atoms with van der Waals surface area (Å²) in [5.41, 5.74) is 5.99. The summed E-state index contributed by atoms with van der Waals surface area (Å²) in [7, 11) is 0. The molecule has 0 aliphatic rings. The van der Waals surface area contributed by atoms with E-state index in [1.54, 1.807) is 6.92 Å². The summed E-state index contributed by atoms with van der Waals surface area (Å²) >= 11 is 0. The number of anilines is 1. The number of aryl methyl sites for hydroxylation is 1. The molecule has 4 nitrogen and oxygen atoms in total. The maximum Gasteiger partial charge on any atom is 0.255 e. The fraction of sp³-hybridized carbons (Fsp3) is 0.556. The first-order chi connectivity index (χ1) is 7.15. The van der Waals surface area contributed by atoms with Crippen molar-refractivity contribution in [2.24, 2.45) is 5.73 Å². The predicted octanol–water partition coefficient (Wildman–Crippen LogP) is 0.815. The van der Waals surface area contributed by atoms with Gasteiger partial charge >= 0.3 is 0 Å². The van der Waals surface area contributed by atoms with Crippen LogP contribution in [0.3, 0.4) is 0 Å². The molecule has 0 aliphatic heterocycles. The highest BCUT2D eigenvalue weighted by molar-refractivity contribution is 5.42. The van der Waals surface area contributed by atoms with Gasteiger partial charge in [0, 0.05) is 25.5 Å². The Labute approximate surface area is 87.1 Å². The van der Waals surface area contributed by atoms with Gasteiger partial charge in [0.15, 0.2) is 0 Å². The quantitative estimate of drug-likeness (QED) is 0.791. The molecular formula is C9H14F2N4. The van der Waals surface area contributed by atoms with E-state index in [2.05, 4.69) is 9.97 Å². The average molecular weight is 216 g/mol. The van der Waals surface area contributed by atoms with Crippen molar-refractivity contribution < 1.29 is 8.78 Å². The van der Waals surface area contributed by atoms with E-state index < -0.39 is 6.43 Å². The van der Waals surface area contributed by atoms with Crippen molar-refractivity contribution in [3.8, 4) is 0 Å². The first-order valence-corrected chi connectivity index (χ1v) is 4.66. The molecule has 0 atom stereocenters. The smallest absolute Gasteiger partial charge is 0.255 e. The van der Waals surface area contributed by atoms with E-state index >= 15 is 0 Å². The third-order valence-electron chi connectivity index (χ3n) is 1.91. The van der Waals surface area contributed by atoms with Gasteiger partial charge in [-0.1, -0.05) is 0 Å². The lowest BCUT2D eigenvalue weighted by Crippen LogP contribution is -2.34. The molecule has 0 saturated heterocycles. The van der Waals surface area contributed by atoms with E-state index in [9.17, 15) is 8.78 Å². The lowest BCUT2D eigenvalue weighted by Gasteiger charge is -2.23. The molecule has 1 rings (SSSR count). The van der Waals surface area contributed by atoms with Crippen LogP contribution in [-0.4, -0.2) is 36.0 Å². The topological polar surface area (TPSA) is 55.0 Å². The summed E-state index contributed by atoms with van der Waals surface area (Å²) in [5, 5.41) is 0. The van der Waals surface area contributed by atoms with Crippen LogP contribution in [-0.2, 0) is 0 Å². The molecule has 1 aromatic heterocycles. The summed E-state index contributed by atoms with van der Waals surface area (Å²) < 4.78 is 24.6. The fourth-order valence-electron chi connectivity index (χ4n) is 1.32. The zero-order chi connectivity index (χ0) is 11.3. The van der Waals surface area contributed by atoms with Gasteiger partial charge in [0.1, 0.15) is 5.82 Å². The summed E-state index contributed by atoms with van der Waals surface area (Å²) in [4.78, 5) is 9.48. The van der Waals surface area contributed by atoms with Crippen LogP contribution in [0.15, 0.2) is 12.4 Å². The van der Waals surface area contributed by atoms with E-state index in [4.69, 9.17) is 5.73 Å². The Morgan fingerprint density at radius 3 is 2.60 bits per heavy atom. The van der Waals surface area contributed by atoms with Crippen LogP contribution >= 0.6 is 0 Å². The highest BCUT2D eigenvalue weighted by Crippen LogP contribution is 2.14. The number of nitrogens with zero attached hydrogens (tertiary/aromatic N) is 3. The summed E-state index contributed by atoms with van der Waals surface area (Å²) in [6, 6.07) is 0. The Morgan fingerprint density at radius 2 is 2.07 bits per heavy atom. The zero-order valence-corrected chi connectivity index (χ0v) is 8.53. The normalized spacial score (nSPS) is 10.7. The van der Waals surface area contributed by atoms with Gasteiger partial charge in [0.05, 0.1) is 12.2 Å². The van der Waals surface area contributed by atoms with E-state index in [1.807, 2.05) is 0 Å². The first kappa shape index (κ1) is 11.8. The number of hydrogen-bond donors (Lipinski definition) is 1. The molecule has 0 unspecified atom stereocenters. The Hall–Kier alpha value is -1.30. The van der Waals surface area contributed by atoms with Gasteiger partial charge in [-0.3, -0.25) is 4.98 Å². The largest absolute Gasteiger partial charge is 0.348 e. The van der Waals surface area contributed by atoms with Crippen molar-refractivity contribution in [1.29, 1.82) is 0 Å². The second-order valence-corrected chi connectivity index (χ2v) is 3.09. The Morgan fingerprint density at radius 1 is 1.40 bits per heavy atom. The lowest BCUT2D eigenvalue weighted by molar-refractivity contribution is 0.154. The van der Waals surface area contributed by atoms with Gasteiger partial charge in [-0.15, -0.1) is 0 Å². The molecule has 84 valence electrons. The molecule has 6 heteroatoms. The van der Waals surface area contributed by atoms with Crippen molar-refractivity contribution in [2.75, 3.05) is 24.5 Å². The maximum atomic E-state index is 12.3. The van der Waals surface area contributed by atoms with Crippen molar-refractivity contribution in [1.82, 2.24) is 9.97 Å². The Kier molecular flexibility index (Phi) is 4.36. The molecule has 1 heterocycles. The number of hydrogen-bond acceptors (Lipinski definition) is 4. The number of rotatable bonds is 5. The second kappa shape index (κ2) is 5.55. The molecule has 0 aromatic carbocycles. The van der Waals surface area contributed by atoms with Crippen molar-refractivity contribution in [3.05, 3.63) is 18.1 Å². The van der Waals surface area contributed by atoms with Crippen LogP contribution < -0.4 is 10.6 Å². The minimum absolute atomic E-state index is 0.308. The number of nitrogens with two attached hydrogens (primary N) is 1. The fourth-order valence-corrected chi connectivity index (χ4v) is 1.32. The molecular weight excluding hydrogens is 202 g/mol. The highest BCUT2D eigenvalue weighted by Gasteiger charge is 2.15. The van der Waals surface area contributed by atoms with Crippen LogP contribution in [0.5, 0.6) is 0 Å². The van der Waals surface area contributed by atoms with Gasteiger partial charge in [-0.2, -0.15) is 0 Å². The molecule has 0 radical (unpaired) electrons. The SMILES string of the molecule is Cc1nccnc1N(CCN)CC(F)F. The van der Waals surface area contributed by atoms with E-state index in [1.165, 1.54) is 17.3 Å². The molecule has 0 bridgehead atoms. The minimum atomic E-state index is -2.40. The van der Waals surface area contributed by atoms with Crippen molar-refractivity contribution in [3.63, 3.8) is 0 Å². The maximum absolute atomic E-state index is 12.3. The molecule has 0 spiro atoms. The van der Waals surface area contributed by atoms with Gasteiger partial charge < -0.3 is 10.6 Å². The summed E-state index contributed by atoms with van der Waals surface area (Å²) in [5.74, 6) is 0.475. The number of aromatic nitrogens is 2. The molecule has 15 heavy (non-hydrogen) atoms. The van der Waals surface area contributed by atoms with E-state index in [0.717, 1.165) is 0 Å². The zero-order valence-electron chi connectivity index (χ0n) is 8.53. The standard InChI is InChI=1S/C9H14F2N4/c1-7-9(14-4-3-13-7)15(5-2-12)6-8(10)11/h3-4,8H,2,5-6,12H2,1H3. The van der Waals surface area contributed by atoms with Crippen LogP contribution in [0.2, 0.25) is 0 Å². The molecule has 0 fully saturated rings. The Bertz CT molecular complexity index is 306. The van der Waals surface area contributed by atoms with Crippen LogP contribution in [0.25, 0.3) is 0 Å². The number of alkyl halides is 2. The van der Waals surface area contributed by atoms with Crippen molar-refractivity contribution in [2.45, 2.75) is 13.3 Å². The van der Waals surface area contributed by atoms with Crippen LogP contribution in [0.4, 0.5) is 14.6 Å². The van der Waals surface area contributed by atoms with Gasteiger partial charge in [0.25, 0.3) is 6.43 Å². The third kappa shape index (κ3) is 3.39. The van der Waals surface area contributed by atoms with Gasteiger partial charge in [0.2, 0.25) is 0 Å².